The van der Waals surface area contributed by atoms with Gasteiger partial charge in [-0.3, -0.25) is 4.79 Å². The van der Waals surface area contributed by atoms with Gasteiger partial charge in [0.1, 0.15) is 6.61 Å². The van der Waals surface area contributed by atoms with Gasteiger partial charge in [0, 0.05) is 7.11 Å². The first-order valence-electron chi connectivity index (χ1n) is 3.73. The van der Waals surface area contributed by atoms with Crippen LogP contribution >= 0.6 is 12.4 Å². The van der Waals surface area contributed by atoms with Gasteiger partial charge in [-0.25, -0.2) is 0 Å². The molecule has 0 spiro atoms. The van der Waals surface area contributed by atoms with Gasteiger partial charge in [0.25, 0.3) is 0 Å². The minimum Gasteiger partial charge on any atom is -0.462 e. The second kappa shape index (κ2) is 11.6. The standard InChI is InChI=1S/C7H15NO4.ClH/c1-10-2-3-11-4-5-12-7(9)6-8;/h2-6,8H2,1H3;1H. The van der Waals surface area contributed by atoms with E-state index in [2.05, 4.69) is 4.74 Å². The van der Waals surface area contributed by atoms with Crippen LogP contribution < -0.4 is 5.73 Å². The summed E-state index contributed by atoms with van der Waals surface area (Å²) in [6.45, 7) is 1.61. The van der Waals surface area contributed by atoms with Crippen molar-refractivity contribution in [3.05, 3.63) is 0 Å². The summed E-state index contributed by atoms with van der Waals surface area (Å²) in [4.78, 5) is 10.5. The number of nitrogens with two attached hydrogens (primary N) is 1. The predicted octanol–water partition coefficient (Wildman–Crippen LogP) is -0.427. The Balaban J connectivity index is 0. The molecular weight excluding hydrogens is 198 g/mol. The zero-order chi connectivity index (χ0) is 9.23. The van der Waals surface area contributed by atoms with Crippen LogP contribution in [0.2, 0.25) is 0 Å². The van der Waals surface area contributed by atoms with Crippen molar-refractivity contribution in [1.29, 1.82) is 0 Å². The van der Waals surface area contributed by atoms with Crippen LogP contribution in [0.5, 0.6) is 0 Å². The van der Waals surface area contributed by atoms with Crippen molar-refractivity contribution in [2.45, 2.75) is 0 Å². The van der Waals surface area contributed by atoms with E-state index in [0.717, 1.165) is 0 Å². The van der Waals surface area contributed by atoms with E-state index in [0.29, 0.717) is 19.8 Å². The average Bonchev–Trinajstić information content (AvgIpc) is 2.10. The molecule has 0 aromatic heterocycles. The summed E-state index contributed by atoms with van der Waals surface area (Å²) in [5.41, 5.74) is 5.00. The van der Waals surface area contributed by atoms with Crippen LogP contribution in [0.15, 0.2) is 0 Å². The summed E-state index contributed by atoms with van der Waals surface area (Å²) in [6, 6.07) is 0. The first-order valence-corrected chi connectivity index (χ1v) is 3.73. The molecule has 0 aliphatic carbocycles. The van der Waals surface area contributed by atoms with Crippen LogP contribution in [-0.2, 0) is 19.0 Å². The summed E-state index contributed by atoms with van der Waals surface area (Å²) >= 11 is 0. The third-order valence-corrected chi connectivity index (χ3v) is 1.09. The third kappa shape index (κ3) is 11.6. The van der Waals surface area contributed by atoms with Crippen LogP contribution in [0.4, 0.5) is 0 Å². The van der Waals surface area contributed by atoms with E-state index in [4.69, 9.17) is 15.2 Å². The van der Waals surface area contributed by atoms with Gasteiger partial charge in [-0.05, 0) is 0 Å². The average molecular weight is 214 g/mol. The normalized spacial score (nSPS) is 9.08. The van der Waals surface area contributed by atoms with Gasteiger partial charge in [-0.15, -0.1) is 12.4 Å². The van der Waals surface area contributed by atoms with Crippen molar-refractivity contribution in [2.24, 2.45) is 5.73 Å². The molecule has 0 unspecified atom stereocenters. The molecule has 2 N–H and O–H groups in total. The van der Waals surface area contributed by atoms with Gasteiger partial charge >= 0.3 is 5.97 Å². The quantitative estimate of drug-likeness (QED) is 0.459. The number of ether oxygens (including phenoxy) is 3. The molecule has 0 saturated carbocycles. The molecule has 5 nitrogen and oxygen atoms in total. The number of esters is 1. The minimum absolute atomic E-state index is 0. The Labute approximate surface area is 83.9 Å². The zero-order valence-electron chi connectivity index (χ0n) is 7.65. The smallest absolute Gasteiger partial charge is 0.319 e. The number of rotatable bonds is 7. The Hall–Kier alpha value is -0.360. The lowest BCUT2D eigenvalue weighted by Crippen LogP contribution is -2.19. The second-order valence-corrected chi connectivity index (χ2v) is 2.03. The van der Waals surface area contributed by atoms with Crippen molar-refractivity contribution in [3.63, 3.8) is 0 Å². The Morgan fingerprint density at radius 1 is 1.23 bits per heavy atom. The molecule has 0 fully saturated rings. The van der Waals surface area contributed by atoms with Crippen LogP contribution in [0.1, 0.15) is 0 Å². The molecule has 0 aromatic rings. The molecule has 0 saturated heterocycles. The van der Waals surface area contributed by atoms with E-state index in [1.165, 1.54) is 0 Å². The molecule has 80 valence electrons. The molecule has 0 rings (SSSR count). The molecule has 0 amide bonds. The number of hydrogen-bond acceptors (Lipinski definition) is 5. The highest BCUT2D eigenvalue weighted by atomic mass is 35.5. The summed E-state index contributed by atoms with van der Waals surface area (Å²) in [5.74, 6) is -0.412. The molecule has 13 heavy (non-hydrogen) atoms. The second-order valence-electron chi connectivity index (χ2n) is 2.03. The van der Waals surface area contributed by atoms with Crippen molar-refractivity contribution >= 4 is 18.4 Å². The summed E-state index contributed by atoms with van der Waals surface area (Å²) in [5, 5.41) is 0. The van der Waals surface area contributed by atoms with E-state index < -0.39 is 5.97 Å². The van der Waals surface area contributed by atoms with Crippen LogP contribution in [-0.4, -0.2) is 46.1 Å². The Kier molecular flexibility index (Phi) is 13.5. The highest BCUT2D eigenvalue weighted by Gasteiger charge is 1.96. The largest absolute Gasteiger partial charge is 0.462 e. The van der Waals surface area contributed by atoms with E-state index in [1.54, 1.807) is 7.11 Å². The molecule has 0 aliphatic heterocycles. The number of hydrogen-bond donors (Lipinski definition) is 1. The fraction of sp³-hybridized carbons (Fsp3) is 0.857. The first-order chi connectivity index (χ1) is 5.81. The van der Waals surface area contributed by atoms with Crippen LogP contribution in [0, 0.1) is 0 Å². The Morgan fingerprint density at radius 3 is 2.38 bits per heavy atom. The Bertz CT molecular complexity index is 123. The molecule has 0 atom stereocenters. The van der Waals surface area contributed by atoms with Crippen molar-refractivity contribution < 1.29 is 19.0 Å². The monoisotopic (exact) mass is 213 g/mol. The number of halogens is 1. The molecular formula is C7H16ClNO4. The summed E-state index contributed by atoms with van der Waals surface area (Å²) < 4.78 is 14.4. The molecule has 0 bridgehead atoms. The summed E-state index contributed by atoms with van der Waals surface area (Å²) in [6.07, 6.45) is 0. The number of methoxy groups -OCH3 is 1. The van der Waals surface area contributed by atoms with Crippen molar-refractivity contribution in [3.8, 4) is 0 Å². The third-order valence-electron chi connectivity index (χ3n) is 1.09. The topological polar surface area (TPSA) is 70.8 Å². The van der Waals surface area contributed by atoms with Gasteiger partial charge in [0.15, 0.2) is 0 Å². The summed E-state index contributed by atoms with van der Waals surface area (Å²) in [7, 11) is 1.60. The van der Waals surface area contributed by atoms with E-state index >= 15 is 0 Å². The zero-order valence-corrected chi connectivity index (χ0v) is 8.47. The van der Waals surface area contributed by atoms with Gasteiger partial charge < -0.3 is 19.9 Å². The highest BCUT2D eigenvalue weighted by molar-refractivity contribution is 5.85. The molecule has 0 aromatic carbocycles. The Morgan fingerprint density at radius 2 is 1.85 bits per heavy atom. The van der Waals surface area contributed by atoms with Crippen molar-refractivity contribution in [2.75, 3.05) is 40.1 Å². The van der Waals surface area contributed by atoms with E-state index in [9.17, 15) is 4.79 Å². The predicted molar refractivity (Wildman–Crippen MR) is 50.0 cm³/mol. The number of carbonyl (C=O) groups excluding carboxylic acids is 1. The molecule has 0 radical (unpaired) electrons. The minimum atomic E-state index is -0.412. The van der Waals surface area contributed by atoms with Crippen LogP contribution in [0.25, 0.3) is 0 Å². The van der Waals surface area contributed by atoms with Gasteiger partial charge in [-0.2, -0.15) is 0 Å². The SMILES string of the molecule is COCCOCCOC(=O)CN.Cl. The maximum atomic E-state index is 10.5. The number of carbonyl (C=O) groups is 1. The van der Waals surface area contributed by atoms with Gasteiger partial charge in [0.2, 0.25) is 0 Å². The van der Waals surface area contributed by atoms with Crippen LogP contribution in [0.3, 0.4) is 0 Å². The highest BCUT2D eigenvalue weighted by Crippen LogP contribution is 1.79. The fourth-order valence-electron chi connectivity index (χ4n) is 0.518. The maximum Gasteiger partial charge on any atom is 0.319 e. The van der Waals surface area contributed by atoms with E-state index in [1.807, 2.05) is 0 Å². The molecule has 0 aliphatic rings. The van der Waals surface area contributed by atoms with Crippen molar-refractivity contribution in [1.82, 2.24) is 0 Å². The lowest BCUT2D eigenvalue weighted by atomic mass is 10.6. The fourth-order valence-corrected chi connectivity index (χ4v) is 0.518. The molecule has 0 heterocycles. The maximum absolute atomic E-state index is 10.5. The lowest BCUT2D eigenvalue weighted by molar-refractivity contribution is -0.143. The van der Waals surface area contributed by atoms with Gasteiger partial charge in [0.05, 0.1) is 26.4 Å². The first kappa shape index (κ1) is 15.1. The lowest BCUT2D eigenvalue weighted by Gasteiger charge is -2.03. The van der Waals surface area contributed by atoms with Gasteiger partial charge in [-0.1, -0.05) is 0 Å². The molecule has 6 heteroatoms. The van der Waals surface area contributed by atoms with E-state index in [-0.39, 0.29) is 25.6 Å².